The van der Waals surface area contributed by atoms with E-state index in [1.54, 1.807) is 12.3 Å². The molecule has 0 atom stereocenters. The first kappa shape index (κ1) is 15.5. The molecular formula is C13H19N5O2S. The largest absolute Gasteiger partial charge is 0.349 e. The fourth-order valence-electron chi connectivity index (χ4n) is 2.02. The van der Waals surface area contributed by atoms with Crippen LogP contribution in [0.4, 0.5) is 5.69 Å². The third kappa shape index (κ3) is 3.79. The zero-order chi connectivity index (χ0) is 15.3. The highest BCUT2D eigenvalue weighted by Gasteiger charge is 2.18. The van der Waals surface area contributed by atoms with Crippen molar-refractivity contribution in [2.45, 2.75) is 31.3 Å². The minimum Gasteiger partial charge on any atom is -0.349 e. The van der Waals surface area contributed by atoms with Crippen molar-refractivity contribution in [2.75, 3.05) is 11.8 Å². The molecule has 0 amide bonds. The van der Waals surface area contributed by atoms with Gasteiger partial charge in [0.15, 0.2) is 0 Å². The summed E-state index contributed by atoms with van der Waals surface area (Å²) in [5.74, 6) is 0. The Morgan fingerprint density at radius 1 is 1.29 bits per heavy atom. The van der Waals surface area contributed by atoms with E-state index in [0.717, 1.165) is 18.7 Å². The quantitative estimate of drug-likeness (QED) is 0.802. The second-order valence-electron chi connectivity index (χ2n) is 4.62. The van der Waals surface area contributed by atoms with Crippen molar-refractivity contribution in [1.82, 2.24) is 19.9 Å². The van der Waals surface area contributed by atoms with Gasteiger partial charge in [-0.1, -0.05) is 6.92 Å². The topological polar surface area (TPSA) is 88.9 Å². The van der Waals surface area contributed by atoms with Gasteiger partial charge in [-0.3, -0.25) is 4.72 Å². The van der Waals surface area contributed by atoms with Crippen LogP contribution in [-0.2, 0) is 23.1 Å². The fraction of sp³-hybridized carbons (Fsp3) is 0.385. The Bertz CT molecular complexity index is 658. The lowest BCUT2D eigenvalue weighted by atomic mass is 10.4. The molecule has 0 aromatic carbocycles. The SMILES string of the molecule is CCCn1cc(S(=O)(=O)Nc2cncnc2)cc1CNC. The van der Waals surface area contributed by atoms with Crippen molar-refractivity contribution in [3.8, 4) is 0 Å². The summed E-state index contributed by atoms with van der Waals surface area (Å²) >= 11 is 0. The van der Waals surface area contributed by atoms with Crippen molar-refractivity contribution >= 4 is 15.7 Å². The second kappa shape index (κ2) is 6.68. The van der Waals surface area contributed by atoms with Gasteiger partial charge in [0.2, 0.25) is 0 Å². The molecule has 2 aromatic heterocycles. The third-order valence-electron chi connectivity index (χ3n) is 2.91. The summed E-state index contributed by atoms with van der Waals surface area (Å²) in [6.07, 6.45) is 6.78. The van der Waals surface area contributed by atoms with Crippen LogP contribution in [-0.4, -0.2) is 30.0 Å². The molecule has 7 nitrogen and oxygen atoms in total. The average Bonchev–Trinajstić information content (AvgIpc) is 2.85. The van der Waals surface area contributed by atoms with Crippen LogP contribution < -0.4 is 10.0 Å². The Labute approximate surface area is 124 Å². The van der Waals surface area contributed by atoms with Gasteiger partial charge in [0.1, 0.15) is 11.2 Å². The Morgan fingerprint density at radius 2 is 2.00 bits per heavy atom. The van der Waals surface area contributed by atoms with Crippen molar-refractivity contribution < 1.29 is 8.42 Å². The first-order valence-corrected chi connectivity index (χ1v) is 8.16. The summed E-state index contributed by atoms with van der Waals surface area (Å²) in [6, 6.07) is 1.68. The second-order valence-corrected chi connectivity index (χ2v) is 6.31. The molecule has 0 spiro atoms. The summed E-state index contributed by atoms with van der Waals surface area (Å²) in [7, 11) is -1.80. The third-order valence-corrected chi connectivity index (χ3v) is 4.25. The van der Waals surface area contributed by atoms with Crippen LogP contribution in [0.25, 0.3) is 0 Å². The molecule has 0 bridgehead atoms. The highest BCUT2D eigenvalue weighted by atomic mass is 32.2. The van der Waals surface area contributed by atoms with Gasteiger partial charge in [-0.15, -0.1) is 0 Å². The molecule has 114 valence electrons. The predicted octanol–water partition coefficient (Wildman–Crippen LogP) is 1.21. The first-order chi connectivity index (χ1) is 10.1. The van der Waals surface area contributed by atoms with Gasteiger partial charge in [-0.05, 0) is 19.5 Å². The predicted molar refractivity (Wildman–Crippen MR) is 80.3 cm³/mol. The van der Waals surface area contributed by atoms with Crippen LogP contribution in [0.1, 0.15) is 19.0 Å². The molecule has 0 saturated carbocycles. The van der Waals surface area contributed by atoms with Gasteiger partial charge in [0, 0.05) is 25.0 Å². The fourth-order valence-corrected chi connectivity index (χ4v) is 3.11. The molecule has 21 heavy (non-hydrogen) atoms. The Morgan fingerprint density at radius 3 is 2.62 bits per heavy atom. The maximum absolute atomic E-state index is 12.4. The molecule has 8 heteroatoms. The standard InChI is InChI=1S/C13H19N5O2S/c1-3-4-18-9-13(5-12(18)8-14-2)21(19,20)17-11-6-15-10-16-7-11/h5-7,9-10,14,17H,3-4,8H2,1-2H3. The molecule has 2 rings (SSSR count). The molecule has 0 aliphatic heterocycles. The van der Waals surface area contributed by atoms with Crippen LogP contribution in [0, 0.1) is 0 Å². The van der Waals surface area contributed by atoms with Gasteiger partial charge in [0.05, 0.1) is 18.1 Å². The van der Waals surface area contributed by atoms with Gasteiger partial charge in [0.25, 0.3) is 10.0 Å². The van der Waals surface area contributed by atoms with Gasteiger partial charge < -0.3 is 9.88 Å². The zero-order valence-corrected chi connectivity index (χ0v) is 12.9. The lowest BCUT2D eigenvalue weighted by Crippen LogP contribution is -2.12. The van der Waals surface area contributed by atoms with E-state index in [1.807, 2.05) is 11.6 Å². The average molecular weight is 309 g/mol. The lowest BCUT2D eigenvalue weighted by Gasteiger charge is -2.06. The summed E-state index contributed by atoms with van der Waals surface area (Å²) in [5, 5.41) is 3.04. The number of sulfonamides is 1. The molecule has 0 unspecified atom stereocenters. The molecule has 0 radical (unpaired) electrons. The molecule has 0 saturated heterocycles. The number of rotatable bonds is 7. The maximum Gasteiger partial charge on any atom is 0.263 e. The molecule has 2 N–H and O–H groups in total. The van der Waals surface area contributed by atoms with Crippen molar-refractivity contribution in [1.29, 1.82) is 0 Å². The van der Waals surface area contributed by atoms with E-state index in [1.165, 1.54) is 18.7 Å². The van der Waals surface area contributed by atoms with Crippen LogP contribution >= 0.6 is 0 Å². The summed E-state index contributed by atoms with van der Waals surface area (Å²) in [5.41, 5.74) is 1.28. The number of nitrogens with zero attached hydrogens (tertiary/aromatic N) is 3. The molecule has 0 aliphatic carbocycles. The molecule has 2 heterocycles. The number of anilines is 1. The van der Waals surface area contributed by atoms with E-state index in [2.05, 4.69) is 26.9 Å². The highest BCUT2D eigenvalue weighted by Crippen LogP contribution is 2.18. The number of aryl methyl sites for hydroxylation is 1. The van der Waals surface area contributed by atoms with Crippen molar-refractivity contribution in [3.63, 3.8) is 0 Å². The highest BCUT2D eigenvalue weighted by molar-refractivity contribution is 7.92. The normalized spacial score (nSPS) is 11.5. The van der Waals surface area contributed by atoms with Crippen molar-refractivity contribution in [2.24, 2.45) is 0 Å². The number of hydrogen-bond acceptors (Lipinski definition) is 5. The molecule has 0 fully saturated rings. The number of hydrogen-bond donors (Lipinski definition) is 2. The Kier molecular flexibility index (Phi) is 4.92. The maximum atomic E-state index is 12.4. The van der Waals surface area contributed by atoms with E-state index in [0.29, 0.717) is 12.2 Å². The van der Waals surface area contributed by atoms with E-state index in [4.69, 9.17) is 0 Å². The van der Waals surface area contributed by atoms with Crippen LogP contribution in [0.2, 0.25) is 0 Å². The van der Waals surface area contributed by atoms with Gasteiger partial charge in [-0.25, -0.2) is 18.4 Å². The van der Waals surface area contributed by atoms with E-state index < -0.39 is 10.0 Å². The Balaban J connectivity index is 2.29. The van der Waals surface area contributed by atoms with Crippen molar-refractivity contribution in [3.05, 3.63) is 36.7 Å². The van der Waals surface area contributed by atoms with E-state index in [-0.39, 0.29) is 4.90 Å². The molecular weight excluding hydrogens is 290 g/mol. The van der Waals surface area contributed by atoms with Crippen LogP contribution in [0.15, 0.2) is 35.9 Å². The number of aromatic nitrogens is 3. The van der Waals surface area contributed by atoms with Gasteiger partial charge in [-0.2, -0.15) is 0 Å². The summed E-state index contributed by atoms with van der Waals surface area (Å²) in [6.45, 7) is 3.45. The Hall–Kier alpha value is -1.93. The zero-order valence-electron chi connectivity index (χ0n) is 12.1. The van der Waals surface area contributed by atoms with E-state index >= 15 is 0 Å². The summed E-state index contributed by atoms with van der Waals surface area (Å²) < 4.78 is 29.2. The van der Waals surface area contributed by atoms with Crippen LogP contribution in [0.5, 0.6) is 0 Å². The minimum absolute atomic E-state index is 0.241. The number of nitrogens with one attached hydrogen (secondary N) is 2. The minimum atomic E-state index is -3.63. The van der Waals surface area contributed by atoms with E-state index in [9.17, 15) is 8.42 Å². The lowest BCUT2D eigenvalue weighted by molar-refractivity contribution is 0.599. The smallest absolute Gasteiger partial charge is 0.263 e. The monoisotopic (exact) mass is 309 g/mol. The molecule has 0 aliphatic rings. The first-order valence-electron chi connectivity index (χ1n) is 6.68. The van der Waals surface area contributed by atoms with Gasteiger partial charge >= 0.3 is 0 Å². The van der Waals surface area contributed by atoms with Crippen LogP contribution in [0.3, 0.4) is 0 Å². The molecule has 2 aromatic rings. The summed E-state index contributed by atoms with van der Waals surface area (Å²) in [4.78, 5) is 7.82.